The van der Waals surface area contributed by atoms with Gasteiger partial charge >= 0.3 is 0 Å². The molecular weight excluding hydrogens is 723 g/mol. The van der Waals surface area contributed by atoms with Gasteiger partial charge in [-0.1, -0.05) is 269 Å². The summed E-state index contributed by atoms with van der Waals surface area (Å²) in [4.78, 5) is 12.3. The molecule has 0 aliphatic heterocycles. The number of aliphatic hydroxyl groups excluding tert-OH is 2. The van der Waals surface area contributed by atoms with Crippen molar-refractivity contribution in [1.29, 1.82) is 0 Å². The van der Waals surface area contributed by atoms with E-state index in [1.54, 1.807) is 0 Å². The van der Waals surface area contributed by atoms with Crippen molar-refractivity contribution in [2.45, 2.75) is 302 Å². The Morgan fingerprint density at radius 3 is 1.03 bits per heavy atom. The SMILES string of the molecule is CCCCCCC/C=C\C/C=C\C/C=C\CCCCCCCCCCCCCCCCCCCCCCCCCCCCC(=O)NC(CO)C(O)CCCCCCCC. The van der Waals surface area contributed by atoms with Crippen molar-refractivity contribution >= 4 is 5.91 Å². The molecule has 1 amide bonds. The van der Waals surface area contributed by atoms with Crippen LogP contribution in [0.4, 0.5) is 0 Å². The van der Waals surface area contributed by atoms with Crippen LogP contribution in [0.1, 0.15) is 290 Å². The Morgan fingerprint density at radius 2 is 0.695 bits per heavy atom. The third-order valence-electron chi connectivity index (χ3n) is 12.4. The van der Waals surface area contributed by atoms with Gasteiger partial charge in [-0.25, -0.2) is 0 Å². The summed E-state index contributed by atoms with van der Waals surface area (Å²) in [7, 11) is 0. The number of aliphatic hydroxyl groups is 2. The Morgan fingerprint density at radius 1 is 0.407 bits per heavy atom. The third-order valence-corrected chi connectivity index (χ3v) is 12.4. The molecule has 0 rings (SSSR count). The second-order valence-electron chi connectivity index (χ2n) is 18.3. The summed E-state index contributed by atoms with van der Waals surface area (Å²) in [5.41, 5.74) is 0. The van der Waals surface area contributed by atoms with Crippen molar-refractivity contribution in [2.75, 3.05) is 6.61 Å². The first-order valence-electron chi connectivity index (χ1n) is 26.7. The summed E-state index contributed by atoms with van der Waals surface area (Å²) in [5.74, 6) is -0.0325. The summed E-state index contributed by atoms with van der Waals surface area (Å²) in [5, 5.41) is 22.9. The minimum atomic E-state index is -0.653. The Kier molecular flexibility index (Phi) is 49.8. The molecule has 0 aromatic carbocycles. The largest absolute Gasteiger partial charge is 0.394 e. The number of unbranched alkanes of at least 4 members (excludes halogenated alkanes) is 36. The lowest BCUT2D eigenvalue weighted by Crippen LogP contribution is -2.45. The van der Waals surface area contributed by atoms with Gasteiger partial charge < -0.3 is 15.5 Å². The summed E-state index contributed by atoms with van der Waals surface area (Å²) in [6.45, 7) is 4.30. The molecule has 0 saturated carbocycles. The molecule has 2 unspecified atom stereocenters. The topological polar surface area (TPSA) is 69.6 Å². The summed E-state index contributed by atoms with van der Waals surface area (Å²) in [6.07, 6.45) is 68.9. The van der Waals surface area contributed by atoms with Crippen LogP contribution in [-0.2, 0) is 4.79 Å². The van der Waals surface area contributed by atoms with Gasteiger partial charge in [0.05, 0.1) is 18.8 Å². The van der Waals surface area contributed by atoms with Gasteiger partial charge in [0.2, 0.25) is 5.91 Å². The van der Waals surface area contributed by atoms with Gasteiger partial charge in [-0.05, 0) is 51.4 Å². The second kappa shape index (κ2) is 51.0. The molecule has 0 bridgehead atoms. The molecule has 0 spiro atoms. The van der Waals surface area contributed by atoms with Crippen LogP contribution in [0.3, 0.4) is 0 Å². The van der Waals surface area contributed by atoms with Gasteiger partial charge in [0.1, 0.15) is 0 Å². The van der Waals surface area contributed by atoms with Crippen molar-refractivity contribution in [3.8, 4) is 0 Å². The smallest absolute Gasteiger partial charge is 0.220 e. The number of amides is 1. The molecule has 2 atom stereocenters. The Balaban J connectivity index is 3.30. The maximum absolute atomic E-state index is 12.3. The van der Waals surface area contributed by atoms with Gasteiger partial charge in [0, 0.05) is 6.42 Å². The highest BCUT2D eigenvalue weighted by Gasteiger charge is 2.20. The monoisotopic (exact) mass is 828 g/mol. The lowest BCUT2D eigenvalue weighted by atomic mass is 10.0. The molecular formula is C55H105NO3. The highest BCUT2D eigenvalue weighted by Crippen LogP contribution is 2.17. The van der Waals surface area contributed by atoms with E-state index in [9.17, 15) is 15.0 Å². The van der Waals surface area contributed by atoms with E-state index in [-0.39, 0.29) is 12.5 Å². The molecule has 0 aromatic heterocycles. The number of carbonyl (C=O) groups excluding carboxylic acids is 1. The predicted octanol–water partition coefficient (Wildman–Crippen LogP) is 17.3. The van der Waals surface area contributed by atoms with E-state index in [1.165, 1.54) is 225 Å². The maximum atomic E-state index is 12.3. The second-order valence-corrected chi connectivity index (χ2v) is 18.3. The molecule has 0 aliphatic carbocycles. The predicted molar refractivity (Wildman–Crippen MR) is 262 cm³/mol. The first-order valence-corrected chi connectivity index (χ1v) is 26.7. The normalized spacial score (nSPS) is 13.1. The van der Waals surface area contributed by atoms with Crippen LogP contribution in [0, 0.1) is 0 Å². The van der Waals surface area contributed by atoms with Gasteiger partial charge in [-0.15, -0.1) is 0 Å². The standard InChI is InChI=1S/C55H105NO3/c1-3-5-7-9-11-12-13-14-15-16-17-18-19-20-21-22-23-24-25-26-27-28-29-30-31-32-33-34-35-36-37-38-39-40-41-42-43-44-45-47-49-51-55(59)56-53(52-57)54(58)50-48-46-10-8-6-4-2/h13-14,16-17,19-20,53-54,57-58H,3-12,15,18,21-52H2,1-2H3,(H,56,59)/b14-13-,17-16-,20-19-. The lowest BCUT2D eigenvalue weighted by molar-refractivity contribution is -0.123. The highest BCUT2D eigenvalue weighted by atomic mass is 16.3. The van der Waals surface area contributed by atoms with Crippen LogP contribution in [0.25, 0.3) is 0 Å². The molecule has 0 radical (unpaired) electrons. The van der Waals surface area contributed by atoms with Crippen LogP contribution >= 0.6 is 0 Å². The fraction of sp³-hybridized carbons (Fsp3) is 0.873. The van der Waals surface area contributed by atoms with Gasteiger partial charge in [0.25, 0.3) is 0 Å². The Labute approximate surface area is 370 Å². The molecule has 59 heavy (non-hydrogen) atoms. The van der Waals surface area contributed by atoms with Crippen LogP contribution < -0.4 is 5.32 Å². The number of hydrogen-bond donors (Lipinski definition) is 3. The van der Waals surface area contributed by atoms with E-state index in [0.29, 0.717) is 12.8 Å². The third kappa shape index (κ3) is 47.5. The Hall–Kier alpha value is -1.39. The first kappa shape index (κ1) is 57.6. The average molecular weight is 828 g/mol. The zero-order valence-corrected chi connectivity index (χ0v) is 40.0. The van der Waals surface area contributed by atoms with Crippen LogP contribution in [-0.4, -0.2) is 34.9 Å². The number of nitrogens with one attached hydrogen (secondary N) is 1. The summed E-state index contributed by atoms with van der Waals surface area (Å²) >= 11 is 0. The maximum Gasteiger partial charge on any atom is 0.220 e. The van der Waals surface area contributed by atoms with Gasteiger partial charge in [-0.3, -0.25) is 4.79 Å². The molecule has 4 heteroatoms. The van der Waals surface area contributed by atoms with Crippen LogP contribution in [0.2, 0.25) is 0 Å². The molecule has 0 aliphatic rings. The average Bonchev–Trinajstić information content (AvgIpc) is 3.24. The number of rotatable bonds is 49. The molecule has 4 nitrogen and oxygen atoms in total. The zero-order valence-electron chi connectivity index (χ0n) is 40.0. The summed E-state index contributed by atoms with van der Waals surface area (Å²) < 4.78 is 0. The first-order chi connectivity index (χ1) is 29.2. The minimum Gasteiger partial charge on any atom is -0.394 e. The van der Waals surface area contributed by atoms with Crippen molar-refractivity contribution < 1.29 is 15.0 Å². The molecule has 348 valence electrons. The van der Waals surface area contributed by atoms with Crippen molar-refractivity contribution in [1.82, 2.24) is 5.32 Å². The van der Waals surface area contributed by atoms with E-state index in [1.807, 2.05) is 0 Å². The molecule has 0 saturated heterocycles. The molecule has 0 fully saturated rings. The van der Waals surface area contributed by atoms with Gasteiger partial charge in [0.15, 0.2) is 0 Å². The van der Waals surface area contributed by atoms with E-state index in [2.05, 4.69) is 55.6 Å². The van der Waals surface area contributed by atoms with Gasteiger partial charge in [-0.2, -0.15) is 0 Å². The Bertz CT molecular complexity index is 897. The van der Waals surface area contributed by atoms with Crippen molar-refractivity contribution in [3.05, 3.63) is 36.5 Å². The fourth-order valence-corrected chi connectivity index (χ4v) is 8.31. The highest BCUT2D eigenvalue weighted by molar-refractivity contribution is 5.76. The van der Waals surface area contributed by atoms with E-state index >= 15 is 0 Å². The zero-order chi connectivity index (χ0) is 42.8. The fourth-order valence-electron chi connectivity index (χ4n) is 8.31. The lowest BCUT2D eigenvalue weighted by Gasteiger charge is -2.22. The molecule has 3 N–H and O–H groups in total. The van der Waals surface area contributed by atoms with Crippen molar-refractivity contribution in [2.24, 2.45) is 0 Å². The summed E-state index contributed by atoms with van der Waals surface area (Å²) in [6, 6.07) is -0.530. The van der Waals surface area contributed by atoms with E-state index in [4.69, 9.17) is 0 Å². The number of carbonyl (C=O) groups is 1. The van der Waals surface area contributed by atoms with E-state index in [0.717, 1.165) is 38.5 Å². The van der Waals surface area contributed by atoms with Crippen LogP contribution in [0.15, 0.2) is 36.5 Å². The van der Waals surface area contributed by atoms with Crippen LogP contribution in [0.5, 0.6) is 0 Å². The van der Waals surface area contributed by atoms with Crippen molar-refractivity contribution in [3.63, 3.8) is 0 Å². The quantitative estimate of drug-likeness (QED) is 0.0423. The minimum absolute atomic E-state index is 0.0325. The van der Waals surface area contributed by atoms with E-state index < -0.39 is 12.1 Å². The number of allylic oxidation sites excluding steroid dienone is 6. The number of hydrogen-bond acceptors (Lipinski definition) is 3. The molecule has 0 heterocycles. The molecule has 0 aromatic rings.